The second-order valence-corrected chi connectivity index (χ2v) is 2.48. The minimum Gasteiger partial charge on any atom is -0.384 e. The molecule has 3 N–H and O–H groups in total. The van der Waals surface area contributed by atoms with Gasteiger partial charge in [0.25, 0.3) is 0 Å². The highest BCUT2D eigenvalue weighted by Gasteiger charge is 2.28. The molecule has 0 aromatic carbocycles. The van der Waals surface area contributed by atoms with Crippen molar-refractivity contribution in [3.8, 4) is 0 Å². The van der Waals surface area contributed by atoms with Gasteiger partial charge in [-0.15, -0.1) is 0 Å². The van der Waals surface area contributed by atoms with E-state index in [2.05, 4.69) is 10.1 Å². The molecule has 62 valence electrons. The van der Waals surface area contributed by atoms with Crippen molar-refractivity contribution in [1.82, 2.24) is 5.32 Å². The van der Waals surface area contributed by atoms with Crippen LogP contribution in [0.5, 0.6) is 0 Å². The molecule has 0 fully saturated rings. The third-order valence-corrected chi connectivity index (χ3v) is 1.30. The fourth-order valence-electron chi connectivity index (χ4n) is 0.682. The highest BCUT2D eigenvalue weighted by molar-refractivity contribution is 4.78. The van der Waals surface area contributed by atoms with Gasteiger partial charge in [0.15, 0.2) is 0 Å². The summed E-state index contributed by atoms with van der Waals surface area (Å²) in [5.74, 6) is 0. The maximum Gasteiger partial charge on any atom is 0.135 e. The third kappa shape index (κ3) is 2.62. The first-order valence-electron chi connectivity index (χ1n) is 3.11. The quantitative estimate of drug-likeness (QED) is 0.445. The summed E-state index contributed by atoms with van der Waals surface area (Å²) in [4.78, 5) is 0. The van der Waals surface area contributed by atoms with Gasteiger partial charge in [0.2, 0.25) is 0 Å². The first kappa shape index (κ1) is 9.84. The molecule has 0 saturated heterocycles. The van der Waals surface area contributed by atoms with Crippen molar-refractivity contribution in [3.63, 3.8) is 0 Å². The molecule has 0 aliphatic heterocycles. The Labute approximate surface area is 60.8 Å². The molecule has 0 aliphatic rings. The second-order valence-electron chi connectivity index (χ2n) is 2.48. The lowest BCUT2D eigenvalue weighted by Crippen LogP contribution is -2.50. The monoisotopic (exact) mass is 149 g/mol. The zero-order valence-electron chi connectivity index (χ0n) is 6.59. The van der Waals surface area contributed by atoms with E-state index < -0.39 is 11.8 Å². The van der Waals surface area contributed by atoms with Gasteiger partial charge < -0.3 is 14.9 Å². The molecule has 4 heteroatoms. The van der Waals surface area contributed by atoms with E-state index in [-0.39, 0.29) is 6.61 Å². The zero-order valence-corrected chi connectivity index (χ0v) is 6.59. The van der Waals surface area contributed by atoms with E-state index in [0.717, 1.165) is 0 Å². The number of rotatable bonds is 4. The molecule has 2 unspecified atom stereocenters. The van der Waals surface area contributed by atoms with Gasteiger partial charge in [-0.05, 0) is 14.0 Å². The first-order valence-corrected chi connectivity index (χ1v) is 3.11. The molecule has 0 aliphatic carbocycles. The van der Waals surface area contributed by atoms with Crippen LogP contribution >= 0.6 is 0 Å². The number of aliphatic hydroxyl groups is 2. The number of aliphatic hydroxyl groups excluding tert-OH is 1. The van der Waals surface area contributed by atoms with Gasteiger partial charge in [0.1, 0.15) is 11.8 Å². The summed E-state index contributed by atoms with van der Waals surface area (Å²) in [5.41, 5.74) is -1.22. The Bertz CT molecular complexity index is 95.0. The number of hydrogen-bond acceptors (Lipinski definition) is 4. The number of likely N-dealkylation sites (N-methyl/N-ethyl adjacent to an activating group) is 1. The van der Waals surface area contributed by atoms with Crippen molar-refractivity contribution >= 4 is 0 Å². The van der Waals surface area contributed by atoms with Crippen LogP contribution in [0.1, 0.15) is 6.92 Å². The Hall–Kier alpha value is -0.160. The van der Waals surface area contributed by atoms with Crippen molar-refractivity contribution in [2.45, 2.75) is 18.8 Å². The van der Waals surface area contributed by atoms with Gasteiger partial charge in [0, 0.05) is 7.11 Å². The fraction of sp³-hybridized carbons (Fsp3) is 1.00. The summed E-state index contributed by atoms with van der Waals surface area (Å²) < 4.78 is 4.68. The van der Waals surface area contributed by atoms with Crippen LogP contribution in [0.2, 0.25) is 0 Å². The molecule has 0 amide bonds. The van der Waals surface area contributed by atoms with Crippen molar-refractivity contribution < 1.29 is 14.9 Å². The SMILES string of the molecule is CNC(O)C(C)(O)COC. The van der Waals surface area contributed by atoms with Crippen molar-refractivity contribution in [2.24, 2.45) is 0 Å². The average molecular weight is 149 g/mol. The van der Waals surface area contributed by atoms with Crippen LogP contribution in [0, 0.1) is 0 Å². The van der Waals surface area contributed by atoms with Crippen LogP contribution in [0.3, 0.4) is 0 Å². The predicted octanol–water partition coefficient (Wildman–Crippen LogP) is -1.08. The highest BCUT2D eigenvalue weighted by atomic mass is 16.5. The standard InChI is InChI=1S/C6H15NO3/c1-6(9,4-10-3)5(8)7-2/h5,7-9H,4H2,1-3H3. The molecule has 2 atom stereocenters. The molecular formula is C6H15NO3. The van der Waals surface area contributed by atoms with Gasteiger partial charge in [0.05, 0.1) is 6.61 Å². The fourth-order valence-corrected chi connectivity index (χ4v) is 0.682. The van der Waals surface area contributed by atoms with E-state index in [4.69, 9.17) is 5.11 Å². The minimum atomic E-state index is -1.22. The maximum atomic E-state index is 9.35. The van der Waals surface area contributed by atoms with Gasteiger partial charge in [-0.1, -0.05) is 0 Å². The lowest BCUT2D eigenvalue weighted by Gasteiger charge is -2.27. The van der Waals surface area contributed by atoms with Crippen molar-refractivity contribution in [1.29, 1.82) is 0 Å². The largest absolute Gasteiger partial charge is 0.384 e. The average Bonchev–Trinajstić information content (AvgIpc) is 1.86. The third-order valence-electron chi connectivity index (χ3n) is 1.30. The Balaban J connectivity index is 3.82. The maximum absolute atomic E-state index is 9.35. The smallest absolute Gasteiger partial charge is 0.135 e. The van der Waals surface area contributed by atoms with Gasteiger partial charge >= 0.3 is 0 Å². The van der Waals surface area contributed by atoms with E-state index in [9.17, 15) is 5.11 Å². The molecule has 0 bridgehead atoms. The number of methoxy groups -OCH3 is 1. The molecule has 0 spiro atoms. The van der Waals surface area contributed by atoms with Gasteiger partial charge in [-0.2, -0.15) is 0 Å². The Kier molecular flexibility index (Phi) is 3.81. The summed E-state index contributed by atoms with van der Waals surface area (Å²) in [7, 11) is 3.03. The molecule has 0 aromatic heterocycles. The summed E-state index contributed by atoms with van der Waals surface area (Å²) in [6, 6.07) is 0. The summed E-state index contributed by atoms with van der Waals surface area (Å²) >= 11 is 0. The van der Waals surface area contributed by atoms with E-state index in [1.165, 1.54) is 14.0 Å². The zero-order chi connectivity index (χ0) is 8.20. The molecule has 0 aromatic rings. The molecular weight excluding hydrogens is 134 g/mol. The summed E-state index contributed by atoms with van der Waals surface area (Å²) in [6.45, 7) is 1.60. The lowest BCUT2D eigenvalue weighted by atomic mass is 10.1. The number of nitrogens with one attached hydrogen (secondary N) is 1. The Morgan fingerprint density at radius 3 is 2.50 bits per heavy atom. The molecule has 0 rings (SSSR count). The molecule has 10 heavy (non-hydrogen) atoms. The summed E-state index contributed by atoms with van der Waals surface area (Å²) in [6.07, 6.45) is -0.951. The second kappa shape index (κ2) is 3.88. The van der Waals surface area contributed by atoms with E-state index >= 15 is 0 Å². The van der Waals surface area contributed by atoms with Crippen LogP contribution in [0.15, 0.2) is 0 Å². The first-order chi connectivity index (χ1) is 4.54. The Morgan fingerprint density at radius 1 is 1.70 bits per heavy atom. The van der Waals surface area contributed by atoms with E-state index in [0.29, 0.717) is 0 Å². The molecule has 0 heterocycles. The van der Waals surface area contributed by atoms with Crippen LogP contribution < -0.4 is 5.32 Å². The molecule has 0 radical (unpaired) electrons. The number of hydrogen-bond donors (Lipinski definition) is 3. The van der Waals surface area contributed by atoms with Crippen LogP contribution in [0.4, 0.5) is 0 Å². The van der Waals surface area contributed by atoms with Crippen LogP contribution in [0.25, 0.3) is 0 Å². The Morgan fingerprint density at radius 2 is 2.20 bits per heavy atom. The number of ether oxygens (including phenoxy) is 1. The van der Waals surface area contributed by atoms with E-state index in [1.807, 2.05) is 0 Å². The van der Waals surface area contributed by atoms with Gasteiger partial charge in [-0.3, -0.25) is 5.32 Å². The van der Waals surface area contributed by atoms with Crippen molar-refractivity contribution in [2.75, 3.05) is 20.8 Å². The predicted molar refractivity (Wildman–Crippen MR) is 37.6 cm³/mol. The highest BCUT2D eigenvalue weighted by Crippen LogP contribution is 2.06. The van der Waals surface area contributed by atoms with Gasteiger partial charge in [-0.25, -0.2) is 0 Å². The summed E-state index contributed by atoms with van der Waals surface area (Å²) in [5, 5.41) is 20.9. The van der Waals surface area contributed by atoms with Crippen LogP contribution in [-0.2, 0) is 4.74 Å². The minimum absolute atomic E-state index is 0.106. The molecule has 4 nitrogen and oxygen atoms in total. The normalized spacial score (nSPS) is 20.1. The topological polar surface area (TPSA) is 61.7 Å². The lowest BCUT2D eigenvalue weighted by molar-refractivity contribution is -0.110. The van der Waals surface area contributed by atoms with E-state index in [1.54, 1.807) is 7.05 Å². The molecule has 0 saturated carbocycles. The van der Waals surface area contributed by atoms with Crippen molar-refractivity contribution in [3.05, 3.63) is 0 Å². The van der Waals surface area contributed by atoms with Crippen LogP contribution in [-0.4, -0.2) is 42.8 Å².